The summed E-state index contributed by atoms with van der Waals surface area (Å²) >= 11 is 3.49. The molecule has 0 saturated heterocycles. The van der Waals surface area contributed by atoms with Gasteiger partial charge in [0.1, 0.15) is 5.82 Å². The molecular weight excluding hydrogens is 302 g/mol. The van der Waals surface area contributed by atoms with E-state index < -0.39 is 0 Å². The summed E-state index contributed by atoms with van der Waals surface area (Å²) in [5.74, 6) is 0.958. The van der Waals surface area contributed by atoms with E-state index in [0.717, 1.165) is 43.2 Å². The molecule has 1 saturated carbocycles. The second kappa shape index (κ2) is 6.94. The molecule has 4 nitrogen and oxygen atoms in total. The molecule has 2 aromatic rings. The van der Waals surface area contributed by atoms with Gasteiger partial charge >= 0.3 is 0 Å². The zero-order valence-electron chi connectivity index (χ0n) is 12.2. The first kappa shape index (κ1) is 15.1. The molecule has 2 aromatic heterocycles. The normalized spacial score (nSPS) is 22.6. The third-order valence-electron chi connectivity index (χ3n) is 3.99. The Hall–Kier alpha value is -0.850. The first-order valence-electron chi connectivity index (χ1n) is 7.51. The summed E-state index contributed by atoms with van der Waals surface area (Å²) in [6.45, 7) is 2.91. The molecule has 0 aliphatic heterocycles. The van der Waals surface area contributed by atoms with Crippen LogP contribution in [0, 0.1) is 6.92 Å². The molecule has 0 aromatic carbocycles. The van der Waals surface area contributed by atoms with E-state index in [4.69, 9.17) is 0 Å². The van der Waals surface area contributed by atoms with Gasteiger partial charge in [0.15, 0.2) is 5.16 Å². The molecule has 2 heterocycles. The van der Waals surface area contributed by atoms with Crippen LogP contribution in [0.2, 0.25) is 0 Å². The summed E-state index contributed by atoms with van der Waals surface area (Å²) in [7, 11) is 0. The van der Waals surface area contributed by atoms with Gasteiger partial charge in [-0.1, -0.05) is 30.7 Å². The van der Waals surface area contributed by atoms with Crippen molar-refractivity contribution in [3.8, 4) is 0 Å². The van der Waals surface area contributed by atoms with Gasteiger partial charge in [-0.2, -0.15) is 0 Å². The first-order valence-corrected chi connectivity index (χ1v) is 9.27. The third-order valence-corrected chi connectivity index (χ3v) is 6.29. The summed E-state index contributed by atoms with van der Waals surface area (Å²) in [6.07, 6.45) is 5.14. The Kier molecular flexibility index (Phi) is 4.98. The minimum Gasteiger partial charge on any atom is -0.392 e. The zero-order valence-corrected chi connectivity index (χ0v) is 13.9. The van der Waals surface area contributed by atoms with E-state index >= 15 is 0 Å². The highest BCUT2D eigenvalue weighted by atomic mass is 32.2. The van der Waals surface area contributed by atoms with Crippen molar-refractivity contribution in [3.05, 3.63) is 28.2 Å². The minimum atomic E-state index is -0.202. The van der Waals surface area contributed by atoms with Gasteiger partial charge in [-0.25, -0.2) is 0 Å². The van der Waals surface area contributed by atoms with E-state index in [9.17, 15) is 5.11 Å². The fourth-order valence-electron chi connectivity index (χ4n) is 2.73. The van der Waals surface area contributed by atoms with Crippen LogP contribution in [-0.2, 0) is 13.0 Å². The maximum atomic E-state index is 10.1. The zero-order chi connectivity index (χ0) is 14.7. The SMILES string of the molecule is Cc1nnc(SC2CCCCC2O)n1CCc1cccs1. The van der Waals surface area contributed by atoms with Crippen LogP contribution in [0.4, 0.5) is 0 Å². The van der Waals surface area contributed by atoms with Gasteiger partial charge in [0.25, 0.3) is 0 Å². The van der Waals surface area contributed by atoms with Crippen LogP contribution in [0.15, 0.2) is 22.7 Å². The number of hydrogen-bond acceptors (Lipinski definition) is 5. The number of hydrogen-bond donors (Lipinski definition) is 1. The Bertz CT molecular complexity index is 567. The summed E-state index contributed by atoms with van der Waals surface area (Å²) in [5.41, 5.74) is 0. The number of aliphatic hydroxyl groups excluding tert-OH is 1. The molecule has 0 bridgehead atoms. The molecule has 0 amide bonds. The summed E-state index contributed by atoms with van der Waals surface area (Å²) in [4.78, 5) is 1.39. The molecule has 1 N–H and O–H groups in total. The smallest absolute Gasteiger partial charge is 0.191 e. The highest BCUT2D eigenvalue weighted by Gasteiger charge is 2.26. The molecular formula is C15H21N3OS2. The Balaban J connectivity index is 1.67. The molecule has 0 spiro atoms. The first-order chi connectivity index (χ1) is 10.2. The van der Waals surface area contributed by atoms with Crippen molar-refractivity contribution in [2.75, 3.05) is 0 Å². The van der Waals surface area contributed by atoms with Gasteiger partial charge in [0, 0.05) is 16.7 Å². The molecule has 0 radical (unpaired) electrons. The monoisotopic (exact) mass is 323 g/mol. The van der Waals surface area contributed by atoms with Crippen LogP contribution in [0.5, 0.6) is 0 Å². The number of thiophene rings is 1. The maximum absolute atomic E-state index is 10.1. The van der Waals surface area contributed by atoms with Gasteiger partial charge in [-0.3, -0.25) is 0 Å². The summed E-state index contributed by atoms with van der Waals surface area (Å²) < 4.78 is 2.19. The van der Waals surface area contributed by atoms with Crippen LogP contribution < -0.4 is 0 Å². The van der Waals surface area contributed by atoms with Crippen LogP contribution in [0.1, 0.15) is 36.4 Å². The number of nitrogens with zero attached hydrogens (tertiary/aromatic N) is 3. The number of aliphatic hydroxyl groups is 1. The number of rotatable bonds is 5. The Morgan fingerprint density at radius 3 is 3.00 bits per heavy atom. The van der Waals surface area contributed by atoms with E-state index in [-0.39, 0.29) is 11.4 Å². The lowest BCUT2D eigenvalue weighted by Gasteiger charge is -2.26. The Labute approximate surface area is 133 Å². The van der Waals surface area contributed by atoms with Crippen molar-refractivity contribution >= 4 is 23.1 Å². The van der Waals surface area contributed by atoms with Gasteiger partial charge in [-0.05, 0) is 37.6 Å². The number of thioether (sulfide) groups is 1. The molecule has 6 heteroatoms. The van der Waals surface area contributed by atoms with E-state index in [2.05, 4.69) is 32.3 Å². The largest absolute Gasteiger partial charge is 0.392 e. The lowest BCUT2D eigenvalue weighted by atomic mass is 9.97. The van der Waals surface area contributed by atoms with Crippen LogP contribution >= 0.6 is 23.1 Å². The third kappa shape index (κ3) is 3.67. The lowest BCUT2D eigenvalue weighted by Crippen LogP contribution is -2.27. The van der Waals surface area contributed by atoms with E-state index in [1.807, 2.05) is 6.92 Å². The summed E-state index contributed by atoms with van der Waals surface area (Å²) in [5, 5.41) is 22.0. The molecule has 1 aliphatic carbocycles. The van der Waals surface area contributed by atoms with Crippen molar-refractivity contribution in [1.82, 2.24) is 14.8 Å². The van der Waals surface area contributed by atoms with Gasteiger partial charge in [0.2, 0.25) is 0 Å². The van der Waals surface area contributed by atoms with Crippen LogP contribution in [-0.4, -0.2) is 31.2 Å². The fourth-order valence-corrected chi connectivity index (χ4v) is 4.72. The highest BCUT2D eigenvalue weighted by molar-refractivity contribution is 7.99. The second-order valence-corrected chi connectivity index (χ2v) is 7.76. The molecule has 2 atom stereocenters. The van der Waals surface area contributed by atoms with Gasteiger partial charge in [-0.15, -0.1) is 21.5 Å². The van der Waals surface area contributed by atoms with Crippen molar-refractivity contribution in [2.45, 2.75) is 62.1 Å². The van der Waals surface area contributed by atoms with Gasteiger partial charge in [0.05, 0.1) is 6.10 Å². The minimum absolute atomic E-state index is 0.202. The molecule has 114 valence electrons. The predicted molar refractivity (Wildman–Crippen MR) is 86.9 cm³/mol. The average molecular weight is 323 g/mol. The quantitative estimate of drug-likeness (QED) is 0.917. The Morgan fingerprint density at radius 2 is 2.24 bits per heavy atom. The van der Waals surface area contributed by atoms with Crippen LogP contribution in [0.25, 0.3) is 0 Å². The molecule has 21 heavy (non-hydrogen) atoms. The van der Waals surface area contributed by atoms with Crippen molar-refractivity contribution in [2.24, 2.45) is 0 Å². The second-order valence-electron chi connectivity index (χ2n) is 5.52. The lowest BCUT2D eigenvalue weighted by molar-refractivity contribution is 0.136. The molecule has 3 rings (SSSR count). The van der Waals surface area contributed by atoms with E-state index in [1.165, 1.54) is 11.3 Å². The standard InChI is InChI=1S/C15H21N3OS2/c1-11-16-17-15(21-14-7-3-2-6-13(14)19)18(11)9-8-12-5-4-10-20-12/h4-5,10,13-14,19H,2-3,6-9H2,1H3. The average Bonchev–Trinajstić information content (AvgIpc) is 3.10. The number of aryl methyl sites for hydroxylation is 2. The summed E-state index contributed by atoms with van der Waals surface area (Å²) in [6, 6.07) is 4.26. The van der Waals surface area contributed by atoms with Crippen molar-refractivity contribution < 1.29 is 5.11 Å². The fraction of sp³-hybridized carbons (Fsp3) is 0.600. The number of aromatic nitrogens is 3. The van der Waals surface area contributed by atoms with Crippen LogP contribution in [0.3, 0.4) is 0 Å². The Morgan fingerprint density at radius 1 is 1.38 bits per heavy atom. The maximum Gasteiger partial charge on any atom is 0.191 e. The predicted octanol–water partition coefficient (Wildman–Crippen LogP) is 3.29. The highest BCUT2D eigenvalue weighted by Crippen LogP contribution is 2.33. The van der Waals surface area contributed by atoms with E-state index in [1.54, 1.807) is 23.1 Å². The van der Waals surface area contributed by atoms with E-state index in [0.29, 0.717) is 0 Å². The van der Waals surface area contributed by atoms with Crippen molar-refractivity contribution in [3.63, 3.8) is 0 Å². The molecule has 1 fully saturated rings. The van der Waals surface area contributed by atoms with Crippen molar-refractivity contribution in [1.29, 1.82) is 0 Å². The van der Waals surface area contributed by atoms with Gasteiger partial charge < -0.3 is 9.67 Å². The molecule has 1 aliphatic rings. The molecule has 2 unspecified atom stereocenters. The topological polar surface area (TPSA) is 50.9 Å².